The molecule has 1 atom stereocenters. The van der Waals surface area contributed by atoms with Gasteiger partial charge in [-0.15, -0.1) is 0 Å². The van der Waals surface area contributed by atoms with E-state index in [4.69, 9.17) is 5.73 Å². The number of hydrogen-bond donors (Lipinski definition) is 1. The van der Waals surface area contributed by atoms with E-state index in [9.17, 15) is 0 Å². The van der Waals surface area contributed by atoms with Gasteiger partial charge in [-0.3, -0.25) is 4.98 Å². The molecule has 0 saturated carbocycles. The van der Waals surface area contributed by atoms with Crippen molar-refractivity contribution in [3.05, 3.63) is 30.1 Å². The summed E-state index contributed by atoms with van der Waals surface area (Å²) in [6.07, 6.45) is 3.67. The Morgan fingerprint density at radius 2 is 2.15 bits per heavy atom. The van der Waals surface area contributed by atoms with Crippen LogP contribution in [0.3, 0.4) is 0 Å². The number of aromatic nitrogens is 1. The minimum Gasteiger partial charge on any atom is -0.330 e. The standard InChI is InChI=1S/C10H16N2S/c1-9(6-11)7-13-8-10-2-4-12-5-3-10/h2-5,9H,6-8,11H2,1H3. The number of nitrogens with zero attached hydrogens (tertiary/aromatic N) is 1. The minimum absolute atomic E-state index is 0.617. The van der Waals surface area contributed by atoms with E-state index in [1.807, 2.05) is 24.2 Å². The molecular weight excluding hydrogens is 180 g/mol. The molecule has 0 aromatic carbocycles. The zero-order chi connectivity index (χ0) is 9.52. The van der Waals surface area contributed by atoms with Gasteiger partial charge in [0.25, 0.3) is 0 Å². The summed E-state index contributed by atoms with van der Waals surface area (Å²) in [7, 11) is 0. The molecule has 0 saturated heterocycles. The van der Waals surface area contributed by atoms with Crippen LogP contribution in [0, 0.1) is 5.92 Å². The third-order valence-electron chi connectivity index (χ3n) is 1.82. The van der Waals surface area contributed by atoms with Gasteiger partial charge >= 0.3 is 0 Å². The number of thioether (sulfide) groups is 1. The van der Waals surface area contributed by atoms with E-state index in [1.54, 1.807) is 0 Å². The normalized spacial score (nSPS) is 12.8. The van der Waals surface area contributed by atoms with Crippen molar-refractivity contribution in [2.75, 3.05) is 12.3 Å². The van der Waals surface area contributed by atoms with Crippen LogP contribution in [0.5, 0.6) is 0 Å². The Bertz CT molecular complexity index is 226. The van der Waals surface area contributed by atoms with Gasteiger partial charge < -0.3 is 5.73 Å². The lowest BCUT2D eigenvalue weighted by Gasteiger charge is -2.06. The van der Waals surface area contributed by atoms with Gasteiger partial charge in [-0.05, 0) is 35.9 Å². The van der Waals surface area contributed by atoms with Crippen LogP contribution < -0.4 is 5.73 Å². The Kier molecular flexibility index (Phi) is 4.86. The predicted molar refractivity (Wildman–Crippen MR) is 58.6 cm³/mol. The van der Waals surface area contributed by atoms with E-state index < -0.39 is 0 Å². The SMILES string of the molecule is CC(CN)CSCc1ccncc1. The first-order chi connectivity index (χ1) is 6.33. The third kappa shape index (κ3) is 4.29. The summed E-state index contributed by atoms with van der Waals surface area (Å²) in [5.41, 5.74) is 6.87. The molecule has 0 bridgehead atoms. The van der Waals surface area contributed by atoms with Crippen LogP contribution in [0.15, 0.2) is 24.5 Å². The molecule has 0 amide bonds. The maximum atomic E-state index is 5.53. The largest absolute Gasteiger partial charge is 0.330 e. The summed E-state index contributed by atoms with van der Waals surface area (Å²) in [6.45, 7) is 2.96. The smallest absolute Gasteiger partial charge is 0.0270 e. The Labute approximate surface area is 83.9 Å². The van der Waals surface area contributed by atoms with Crippen molar-refractivity contribution in [3.8, 4) is 0 Å². The third-order valence-corrected chi connectivity index (χ3v) is 3.17. The zero-order valence-electron chi connectivity index (χ0n) is 7.94. The van der Waals surface area contributed by atoms with Gasteiger partial charge in [-0.2, -0.15) is 11.8 Å². The molecule has 1 rings (SSSR count). The van der Waals surface area contributed by atoms with Crippen molar-refractivity contribution in [3.63, 3.8) is 0 Å². The fourth-order valence-corrected chi connectivity index (χ4v) is 2.01. The van der Waals surface area contributed by atoms with Gasteiger partial charge in [-0.25, -0.2) is 0 Å². The van der Waals surface area contributed by atoms with Crippen LogP contribution in [-0.2, 0) is 5.75 Å². The van der Waals surface area contributed by atoms with E-state index >= 15 is 0 Å². The van der Waals surface area contributed by atoms with Crippen molar-refractivity contribution < 1.29 is 0 Å². The van der Waals surface area contributed by atoms with Gasteiger partial charge in [0, 0.05) is 18.1 Å². The molecule has 72 valence electrons. The maximum absolute atomic E-state index is 5.53. The molecular formula is C10H16N2S. The number of hydrogen-bond acceptors (Lipinski definition) is 3. The Balaban J connectivity index is 2.20. The molecule has 0 fully saturated rings. The molecule has 1 unspecified atom stereocenters. The highest BCUT2D eigenvalue weighted by Gasteiger charge is 1.99. The molecule has 0 aliphatic rings. The molecule has 0 spiro atoms. The second kappa shape index (κ2) is 6.00. The lowest BCUT2D eigenvalue weighted by atomic mass is 10.2. The summed E-state index contributed by atoms with van der Waals surface area (Å²) in [5.74, 6) is 2.82. The first-order valence-corrected chi connectivity index (χ1v) is 5.65. The topological polar surface area (TPSA) is 38.9 Å². The monoisotopic (exact) mass is 196 g/mol. The Morgan fingerprint density at radius 1 is 1.46 bits per heavy atom. The van der Waals surface area contributed by atoms with Crippen LogP contribution in [0.25, 0.3) is 0 Å². The molecule has 13 heavy (non-hydrogen) atoms. The highest BCUT2D eigenvalue weighted by atomic mass is 32.2. The van der Waals surface area contributed by atoms with Gasteiger partial charge in [0.1, 0.15) is 0 Å². The molecule has 0 aliphatic heterocycles. The van der Waals surface area contributed by atoms with E-state index in [0.717, 1.165) is 18.1 Å². The van der Waals surface area contributed by atoms with E-state index in [-0.39, 0.29) is 0 Å². The summed E-state index contributed by atoms with van der Waals surface area (Å²) in [4.78, 5) is 3.98. The summed E-state index contributed by atoms with van der Waals surface area (Å²) in [5, 5.41) is 0. The van der Waals surface area contributed by atoms with Crippen molar-refractivity contribution in [1.82, 2.24) is 4.98 Å². The lowest BCUT2D eigenvalue weighted by molar-refractivity contribution is 0.675. The van der Waals surface area contributed by atoms with Crippen molar-refractivity contribution in [2.45, 2.75) is 12.7 Å². The van der Waals surface area contributed by atoms with Crippen LogP contribution >= 0.6 is 11.8 Å². The second-order valence-electron chi connectivity index (χ2n) is 3.21. The maximum Gasteiger partial charge on any atom is 0.0270 e. The fourth-order valence-electron chi connectivity index (χ4n) is 0.925. The van der Waals surface area contributed by atoms with Crippen LogP contribution in [0.4, 0.5) is 0 Å². The van der Waals surface area contributed by atoms with E-state index in [1.165, 1.54) is 5.56 Å². The van der Waals surface area contributed by atoms with Crippen molar-refractivity contribution in [1.29, 1.82) is 0 Å². The summed E-state index contributed by atoms with van der Waals surface area (Å²) in [6, 6.07) is 4.11. The molecule has 2 N–H and O–H groups in total. The molecule has 1 aromatic heterocycles. The van der Waals surface area contributed by atoms with Crippen LogP contribution in [0.1, 0.15) is 12.5 Å². The second-order valence-corrected chi connectivity index (χ2v) is 4.24. The highest BCUT2D eigenvalue weighted by molar-refractivity contribution is 7.98. The molecule has 2 nitrogen and oxygen atoms in total. The highest BCUT2D eigenvalue weighted by Crippen LogP contribution is 2.13. The lowest BCUT2D eigenvalue weighted by Crippen LogP contribution is -2.12. The quantitative estimate of drug-likeness (QED) is 0.782. The Hall–Kier alpha value is -0.540. The van der Waals surface area contributed by atoms with Crippen molar-refractivity contribution >= 4 is 11.8 Å². The summed E-state index contributed by atoms with van der Waals surface area (Å²) < 4.78 is 0. The van der Waals surface area contributed by atoms with Gasteiger partial charge in [0.2, 0.25) is 0 Å². The average molecular weight is 196 g/mol. The molecule has 1 aromatic rings. The predicted octanol–water partition coefficient (Wildman–Crippen LogP) is 1.91. The van der Waals surface area contributed by atoms with Gasteiger partial charge in [-0.1, -0.05) is 6.92 Å². The fraction of sp³-hybridized carbons (Fsp3) is 0.500. The minimum atomic E-state index is 0.617. The number of nitrogens with two attached hydrogens (primary N) is 1. The zero-order valence-corrected chi connectivity index (χ0v) is 8.76. The Morgan fingerprint density at radius 3 is 2.77 bits per heavy atom. The van der Waals surface area contributed by atoms with Crippen LogP contribution in [0.2, 0.25) is 0 Å². The van der Waals surface area contributed by atoms with Crippen molar-refractivity contribution in [2.24, 2.45) is 11.7 Å². The summed E-state index contributed by atoms with van der Waals surface area (Å²) >= 11 is 1.93. The molecule has 3 heteroatoms. The van der Waals surface area contributed by atoms with E-state index in [2.05, 4.69) is 24.0 Å². The molecule has 1 heterocycles. The number of rotatable bonds is 5. The molecule has 0 radical (unpaired) electrons. The van der Waals surface area contributed by atoms with Crippen LogP contribution in [-0.4, -0.2) is 17.3 Å². The first kappa shape index (κ1) is 10.5. The van der Waals surface area contributed by atoms with E-state index in [0.29, 0.717) is 5.92 Å². The molecule has 0 aliphatic carbocycles. The van der Waals surface area contributed by atoms with Gasteiger partial charge in [0.05, 0.1) is 0 Å². The average Bonchev–Trinajstić information content (AvgIpc) is 2.19. The first-order valence-electron chi connectivity index (χ1n) is 4.49. The number of pyridine rings is 1. The van der Waals surface area contributed by atoms with Gasteiger partial charge in [0.15, 0.2) is 0 Å².